The van der Waals surface area contributed by atoms with E-state index in [4.69, 9.17) is 0 Å². The van der Waals surface area contributed by atoms with Crippen LogP contribution in [0, 0.1) is 18.7 Å². The number of fused-ring (bicyclic) bond motifs is 1. The molecule has 10 nitrogen and oxygen atoms in total. The van der Waals surface area contributed by atoms with Gasteiger partial charge in [-0.3, -0.25) is 24.4 Å². The van der Waals surface area contributed by atoms with E-state index in [-0.39, 0.29) is 48.6 Å². The number of ether oxygens (including phenoxy) is 1. The highest BCUT2D eigenvalue weighted by Crippen LogP contribution is 2.33. The van der Waals surface area contributed by atoms with Crippen LogP contribution in [0.2, 0.25) is 0 Å². The highest BCUT2D eigenvalue weighted by Gasteiger charge is 2.25. The molecule has 0 spiro atoms. The van der Waals surface area contributed by atoms with Crippen LogP contribution >= 0.6 is 0 Å². The molecule has 0 fully saturated rings. The molecule has 41 heavy (non-hydrogen) atoms. The van der Waals surface area contributed by atoms with E-state index in [0.29, 0.717) is 41.4 Å². The molecule has 0 saturated carbocycles. The van der Waals surface area contributed by atoms with Crippen LogP contribution < -0.4 is 10.9 Å². The van der Waals surface area contributed by atoms with Crippen molar-refractivity contribution in [1.29, 1.82) is 0 Å². The van der Waals surface area contributed by atoms with Crippen molar-refractivity contribution in [2.45, 2.75) is 65.5 Å². The number of halogens is 1. The van der Waals surface area contributed by atoms with Crippen molar-refractivity contribution >= 4 is 29.2 Å². The Kier molecular flexibility index (Phi) is 10.7. The summed E-state index contributed by atoms with van der Waals surface area (Å²) in [4.78, 5) is 60.7. The maximum atomic E-state index is 14.6. The predicted molar refractivity (Wildman–Crippen MR) is 154 cm³/mol. The number of hydrogen-bond donors (Lipinski definition) is 1. The van der Waals surface area contributed by atoms with E-state index in [1.54, 1.807) is 39.2 Å². The highest BCUT2D eigenvalue weighted by molar-refractivity contribution is 5.94. The summed E-state index contributed by atoms with van der Waals surface area (Å²) >= 11 is 0. The SMILES string of the molecule is COC(=O)N[C@@H](CC/C=C/C(=O)N(C)C)C(=O)Cc1ccc(C)n(CC2=Nc3c(CC(C)C)ncc(F)c3C2)c1=O. The van der Waals surface area contributed by atoms with Gasteiger partial charge in [0.15, 0.2) is 5.78 Å². The van der Waals surface area contributed by atoms with Gasteiger partial charge in [-0.15, -0.1) is 0 Å². The Balaban J connectivity index is 1.79. The van der Waals surface area contributed by atoms with Gasteiger partial charge in [-0.05, 0) is 44.2 Å². The van der Waals surface area contributed by atoms with Gasteiger partial charge in [0.1, 0.15) is 5.82 Å². The zero-order chi connectivity index (χ0) is 30.3. The average Bonchev–Trinajstić information content (AvgIpc) is 3.36. The fraction of sp³-hybridized carbons (Fsp3) is 0.467. The first-order valence-corrected chi connectivity index (χ1v) is 13.6. The van der Waals surface area contributed by atoms with E-state index in [1.165, 1.54) is 28.8 Å². The Hall–Kier alpha value is -4.15. The number of carbonyl (C=O) groups is 3. The van der Waals surface area contributed by atoms with Gasteiger partial charge in [0.25, 0.3) is 5.56 Å². The second-order valence-corrected chi connectivity index (χ2v) is 10.8. The van der Waals surface area contributed by atoms with Crippen LogP contribution in [0.4, 0.5) is 14.9 Å². The Labute approximate surface area is 239 Å². The number of rotatable bonds is 12. The van der Waals surface area contributed by atoms with Crippen LogP contribution in [-0.4, -0.2) is 65.2 Å². The fourth-order valence-electron chi connectivity index (χ4n) is 4.54. The molecule has 0 saturated heterocycles. The number of likely N-dealkylation sites (N-methyl/N-ethyl adjacent to an activating group) is 1. The molecule has 0 aliphatic carbocycles. The number of methoxy groups -OCH3 is 1. The lowest BCUT2D eigenvalue weighted by molar-refractivity contribution is -0.123. The van der Waals surface area contributed by atoms with E-state index >= 15 is 0 Å². The van der Waals surface area contributed by atoms with E-state index in [9.17, 15) is 23.6 Å². The van der Waals surface area contributed by atoms with E-state index < -0.39 is 18.0 Å². The number of carbonyl (C=O) groups excluding carboxylic acids is 3. The minimum atomic E-state index is -0.917. The molecule has 2 amide bonds. The van der Waals surface area contributed by atoms with E-state index in [2.05, 4.69) is 33.9 Å². The number of alkyl carbamates (subject to hydrolysis) is 1. The first-order chi connectivity index (χ1) is 19.4. The second kappa shape index (κ2) is 14.0. The van der Waals surface area contributed by atoms with Crippen molar-refractivity contribution in [3.8, 4) is 0 Å². The van der Waals surface area contributed by atoms with Gasteiger partial charge >= 0.3 is 6.09 Å². The Morgan fingerprint density at radius 2 is 1.98 bits per heavy atom. The fourth-order valence-corrected chi connectivity index (χ4v) is 4.54. The van der Waals surface area contributed by atoms with Gasteiger partial charge in [0.05, 0.1) is 37.3 Å². The van der Waals surface area contributed by atoms with Crippen LogP contribution in [0.5, 0.6) is 0 Å². The summed E-state index contributed by atoms with van der Waals surface area (Å²) < 4.78 is 20.8. The van der Waals surface area contributed by atoms with Gasteiger partial charge < -0.3 is 19.5 Å². The molecule has 3 rings (SSSR count). The van der Waals surface area contributed by atoms with Gasteiger partial charge in [-0.25, -0.2) is 9.18 Å². The summed E-state index contributed by atoms with van der Waals surface area (Å²) in [5.41, 5.74) is 2.98. The van der Waals surface area contributed by atoms with Crippen LogP contribution in [0.1, 0.15) is 49.2 Å². The molecule has 1 aliphatic heterocycles. The normalized spacial score (nSPS) is 13.2. The molecule has 2 aromatic heterocycles. The number of aliphatic imine (C=N–C) groups is 1. The largest absolute Gasteiger partial charge is 0.453 e. The molecule has 0 bridgehead atoms. The lowest BCUT2D eigenvalue weighted by atomic mass is 10.0. The zero-order valence-electron chi connectivity index (χ0n) is 24.5. The summed E-state index contributed by atoms with van der Waals surface area (Å²) in [6, 6.07) is 2.43. The summed E-state index contributed by atoms with van der Waals surface area (Å²) in [6.45, 7) is 6.04. The maximum absolute atomic E-state index is 14.6. The van der Waals surface area contributed by atoms with Crippen LogP contribution in [-0.2, 0) is 40.1 Å². The zero-order valence-corrected chi connectivity index (χ0v) is 24.5. The van der Waals surface area contributed by atoms with Crippen LogP contribution in [0.15, 0.2) is 40.3 Å². The quantitative estimate of drug-likeness (QED) is 0.392. The number of aromatic nitrogens is 2. The first-order valence-electron chi connectivity index (χ1n) is 13.6. The summed E-state index contributed by atoms with van der Waals surface area (Å²) in [6.07, 6.45) is 4.79. The number of allylic oxidation sites excluding steroid dienone is 1. The molecular weight excluding hydrogens is 529 g/mol. The molecule has 11 heteroatoms. The standard InChI is InChI=1S/C30H38FN5O5/c1-18(2)13-25-28-22(23(31)16-32-25)15-21(33-28)17-36-19(3)11-12-20(29(36)39)14-26(37)24(34-30(40)41-6)9-7-8-10-27(38)35(4)5/h8,10-12,16,18,24H,7,9,13-15,17H2,1-6H3,(H,34,40)/b10-8+/t24-/m0/s1. The number of nitrogens with zero attached hydrogens (tertiary/aromatic N) is 4. The molecule has 1 N–H and O–H groups in total. The summed E-state index contributed by atoms with van der Waals surface area (Å²) in [5, 5.41) is 2.53. The Bertz CT molecular complexity index is 1430. The van der Waals surface area contributed by atoms with Gasteiger partial charge in [0, 0.05) is 49.5 Å². The Morgan fingerprint density at radius 3 is 2.63 bits per heavy atom. The van der Waals surface area contributed by atoms with E-state index in [0.717, 1.165) is 5.69 Å². The number of aryl methyl sites for hydroxylation is 1. The first kappa shape index (κ1) is 31.4. The Morgan fingerprint density at radius 1 is 1.24 bits per heavy atom. The topological polar surface area (TPSA) is 123 Å². The van der Waals surface area contributed by atoms with Gasteiger partial charge in [-0.2, -0.15) is 0 Å². The smallest absolute Gasteiger partial charge is 0.407 e. The third kappa shape index (κ3) is 8.18. The monoisotopic (exact) mass is 567 g/mol. The average molecular weight is 568 g/mol. The van der Waals surface area contributed by atoms with Crippen molar-refractivity contribution in [1.82, 2.24) is 19.8 Å². The molecule has 1 atom stereocenters. The third-order valence-corrected chi connectivity index (χ3v) is 6.80. The minimum absolute atomic E-state index is 0.149. The maximum Gasteiger partial charge on any atom is 0.407 e. The molecule has 1 aliphatic rings. The lowest BCUT2D eigenvalue weighted by Crippen LogP contribution is -2.42. The molecule has 2 aromatic rings. The van der Waals surface area contributed by atoms with Crippen molar-refractivity contribution in [3.05, 3.63) is 69.2 Å². The molecule has 3 heterocycles. The number of pyridine rings is 2. The molecule has 0 unspecified atom stereocenters. The third-order valence-electron chi connectivity index (χ3n) is 6.80. The van der Waals surface area contributed by atoms with Crippen molar-refractivity contribution in [2.24, 2.45) is 10.9 Å². The second-order valence-electron chi connectivity index (χ2n) is 10.8. The minimum Gasteiger partial charge on any atom is -0.453 e. The van der Waals surface area contributed by atoms with Gasteiger partial charge in [0.2, 0.25) is 5.91 Å². The van der Waals surface area contributed by atoms with Crippen molar-refractivity contribution in [3.63, 3.8) is 0 Å². The molecule has 0 radical (unpaired) electrons. The summed E-state index contributed by atoms with van der Waals surface area (Å²) in [5.74, 6) is -0.657. The molecule has 220 valence electrons. The molecule has 0 aromatic carbocycles. The lowest BCUT2D eigenvalue weighted by Gasteiger charge is -2.17. The number of hydrogen-bond acceptors (Lipinski definition) is 7. The number of amides is 2. The van der Waals surface area contributed by atoms with E-state index in [1.807, 2.05) is 0 Å². The number of nitrogens with one attached hydrogen (secondary N) is 1. The van der Waals surface area contributed by atoms with Gasteiger partial charge in [-0.1, -0.05) is 26.0 Å². The highest BCUT2D eigenvalue weighted by atomic mass is 19.1. The van der Waals surface area contributed by atoms with Crippen molar-refractivity contribution < 1.29 is 23.5 Å². The predicted octanol–water partition coefficient (Wildman–Crippen LogP) is 3.48. The number of ketones is 1. The van der Waals surface area contributed by atoms with Crippen LogP contribution in [0.3, 0.4) is 0 Å². The summed E-state index contributed by atoms with van der Waals surface area (Å²) in [7, 11) is 4.46. The van der Waals surface area contributed by atoms with Crippen LogP contribution in [0.25, 0.3) is 0 Å². The molecular formula is C30H38FN5O5. The number of Topliss-reactive ketones (excluding diaryl/α,β-unsaturated/α-hetero) is 1. The van der Waals surface area contributed by atoms with Crippen molar-refractivity contribution in [2.75, 3.05) is 21.2 Å².